The molecule has 0 saturated heterocycles. The van der Waals surface area contributed by atoms with Crippen LogP contribution in [-0.2, 0) is 16.1 Å². The summed E-state index contributed by atoms with van der Waals surface area (Å²) in [5, 5.41) is 10.6. The third kappa shape index (κ3) is 3.40. The molecule has 0 aliphatic carbocycles. The maximum Gasteiger partial charge on any atom is 0.338 e. The first-order valence-corrected chi connectivity index (χ1v) is 7.52. The van der Waals surface area contributed by atoms with Crippen molar-refractivity contribution >= 4 is 28.6 Å². The molecule has 0 spiro atoms. The smallest absolute Gasteiger partial charge is 0.338 e. The first-order valence-electron chi connectivity index (χ1n) is 7.52. The molecule has 1 heterocycles. The van der Waals surface area contributed by atoms with Gasteiger partial charge in [-0.05, 0) is 37.3 Å². The highest BCUT2D eigenvalue weighted by Crippen LogP contribution is 2.14. The van der Waals surface area contributed by atoms with Crippen molar-refractivity contribution in [3.63, 3.8) is 0 Å². The van der Waals surface area contributed by atoms with Gasteiger partial charge in [0, 0.05) is 12.2 Å². The molecule has 0 fully saturated rings. The zero-order valence-electron chi connectivity index (χ0n) is 13.1. The maximum absolute atomic E-state index is 12.1. The molecule has 24 heavy (non-hydrogen) atoms. The summed E-state index contributed by atoms with van der Waals surface area (Å²) in [6.45, 7) is 2.30. The van der Waals surface area contributed by atoms with E-state index in [1.165, 1.54) is 0 Å². The Morgan fingerprint density at radius 1 is 1.17 bits per heavy atom. The molecule has 122 valence electrons. The van der Waals surface area contributed by atoms with Crippen LogP contribution in [0.15, 0.2) is 48.5 Å². The number of carbonyl (C=O) groups is 2. The Labute approximate surface area is 138 Å². The lowest BCUT2D eigenvalue weighted by molar-refractivity contribution is -0.119. The molecule has 0 aliphatic heterocycles. The Bertz CT molecular complexity index is 874. The second-order valence-corrected chi connectivity index (χ2v) is 5.10. The number of nitrogens with zero attached hydrogens (tertiary/aromatic N) is 3. The van der Waals surface area contributed by atoms with Gasteiger partial charge in [-0.15, -0.1) is 5.10 Å². The van der Waals surface area contributed by atoms with Crippen molar-refractivity contribution in [2.24, 2.45) is 0 Å². The molecule has 0 aliphatic rings. The van der Waals surface area contributed by atoms with Crippen LogP contribution in [0, 0.1) is 0 Å². The summed E-state index contributed by atoms with van der Waals surface area (Å²) >= 11 is 0. The van der Waals surface area contributed by atoms with E-state index in [0.29, 0.717) is 23.3 Å². The summed E-state index contributed by atoms with van der Waals surface area (Å²) in [5.41, 5.74) is 2.44. The van der Waals surface area contributed by atoms with Crippen molar-refractivity contribution in [3.05, 3.63) is 54.1 Å². The number of rotatable bonds is 5. The van der Waals surface area contributed by atoms with E-state index >= 15 is 0 Å². The minimum atomic E-state index is -0.578. The molecule has 7 nitrogen and oxygen atoms in total. The van der Waals surface area contributed by atoms with Crippen LogP contribution < -0.4 is 5.32 Å². The number of benzene rings is 2. The Kier molecular flexibility index (Phi) is 4.51. The van der Waals surface area contributed by atoms with Crippen molar-refractivity contribution in [1.82, 2.24) is 15.0 Å². The lowest BCUT2D eigenvalue weighted by atomic mass is 10.2. The quantitative estimate of drug-likeness (QED) is 0.727. The molecule has 3 rings (SSSR count). The number of esters is 1. The van der Waals surface area contributed by atoms with Crippen molar-refractivity contribution in [1.29, 1.82) is 0 Å². The lowest BCUT2D eigenvalue weighted by Crippen LogP contribution is -2.20. The number of carbonyl (C=O) groups excluding carboxylic acids is 2. The molecule has 0 saturated carbocycles. The molecule has 0 atom stereocenters. The fraction of sp³-hybridized carbons (Fsp3) is 0.176. The fourth-order valence-corrected chi connectivity index (χ4v) is 2.27. The standard InChI is InChI=1S/C17H16N4O3/c1-2-21-15-9-8-12(10-14(15)19-20-21)17(23)24-11-16(22)18-13-6-4-3-5-7-13/h3-10H,2,11H2,1H3,(H,18,22). The number of amides is 1. The van der Waals surface area contributed by atoms with Crippen LogP contribution in [0.3, 0.4) is 0 Å². The van der Waals surface area contributed by atoms with Gasteiger partial charge >= 0.3 is 5.97 Å². The lowest BCUT2D eigenvalue weighted by Gasteiger charge is -2.06. The molecule has 3 aromatic rings. The molecule has 7 heteroatoms. The zero-order valence-corrected chi connectivity index (χ0v) is 13.1. The minimum absolute atomic E-state index is 0.332. The maximum atomic E-state index is 12.1. The molecular weight excluding hydrogens is 308 g/mol. The summed E-state index contributed by atoms with van der Waals surface area (Å²) in [6, 6.07) is 14.0. The van der Waals surface area contributed by atoms with Crippen molar-refractivity contribution in [3.8, 4) is 0 Å². The highest BCUT2D eigenvalue weighted by Gasteiger charge is 2.13. The summed E-state index contributed by atoms with van der Waals surface area (Å²) in [4.78, 5) is 23.9. The predicted octanol–water partition coefficient (Wildman–Crippen LogP) is 2.25. The average molecular weight is 324 g/mol. The van der Waals surface area contributed by atoms with Gasteiger partial charge < -0.3 is 10.1 Å². The van der Waals surface area contributed by atoms with Gasteiger partial charge in [-0.25, -0.2) is 9.48 Å². The summed E-state index contributed by atoms with van der Waals surface area (Å²) < 4.78 is 6.77. The molecule has 0 bridgehead atoms. The van der Waals surface area contributed by atoms with E-state index in [1.807, 2.05) is 13.0 Å². The second kappa shape index (κ2) is 6.91. The van der Waals surface area contributed by atoms with Gasteiger partial charge in [-0.1, -0.05) is 23.4 Å². The van der Waals surface area contributed by atoms with E-state index in [2.05, 4.69) is 15.6 Å². The largest absolute Gasteiger partial charge is 0.452 e. The predicted molar refractivity (Wildman–Crippen MR) is 88.6 cm³/mol. The number of anilines is 1. The number of hydrogen-bond donors (Lipinski definition) is 1. The van der Waals surface area contributed by atoms with Gasteiger partial charge in [0.25, 0.3) is 5.91 Å². The van der Waals surface area contributed by atoms with Crippen LogP contribution in [0.4, 0.5) is 5.69 Å². The Morgan fingerprint density at radius 3 is 2.71 bits per heavy atom. The van der Waals surface area contributed by atoms with Gasteiger partial charge in [0.15, 0.2) is 6.61 Å². The number of aromatic nitrogens is 3. The highest BCUT2D eigenvalue weighted by atomic mass is 16.5. The van der Waals surface area contributed by atoms with Crippen LogP contribution in [0.2, 0.25) is 0 Å². The average Bonchev–Trinajstić information content (AvgIpc) is 3.02. The molecule has 2 aromatic carbocycles. The van der Waals surface area contributed by atoms with Gasteiger partial charge in [-0.2, -0.15) is 0 Å². The summed E-state index contributed by atoms with van der Waals surface area (Å²) in [5.74, 6) is -0.973. The number of aryl methyl sites for hydroxylation is 1. The molecule has 1 N–H and O–H groups in total. The van der Waals surface area contributed by atoms with E-state index in [1.54, 1.807) is 47.1 Å². The summed E-state index contributed by atoms with van der Waals surface area (Å²) in [7, 11) is 0. The second-order valence-electron chi connectivity index (χ2n) is 5.10. The normalized spacial score (nSPS) is 10.5. The number of fused-ring (bicyclic) bond motifs is 1. The van der Waals surface area contributed by atoms with Crippen LogP contribution in [0.5, 0.6) is 0 Å². The van der Waals surface area contributed by atoms with Crippen molar-refractivity contribution in [2.75, 3.05) is 11.9 Å². The van der Waals surface area contributed by atoms with Gasteiger partial charge in [-0.3, -0.25) is 4.79 Å². The van der Waals surface area contributed by atoms with Crippen LogP contribution in [-0.4, -0.2) is 33.5 Å². The van der Waals surface area contributed by atoms with E-state index in [-0.39, 0.29) is 6.61 Å². The van der Waals surface area contributed by atoms with E-state index in [9.17, 15) is 9.59 Å². The SMILES string of the molecule is CCn1nnc2cc(C(=O)OCC(=O)Nc3ccccc3)ccc21. The van der Waals surface area contributed by atoms with E-state index in [0.717, 1.165) is 5.52 Å². The summed E-state index contributed by atoms with van der Waals surface area (Å²) in [6.07, 6.45) is 0. The Balaban J connectivity index is 1.61. The van der Waals surface area contributed by atoms with Gasteiger partial charge in [0.1, 0.15) is 5.52 Å². The molecular formula is C17H16N4O3. The molecule has 1 amide bonds. The number of hydrogen-bond acceptors (Lipinski definition) is 5. The molecule has 0 radical (unpaired) electrons. The topological polar surface area (TPSA) is 86.1 Å². The number of para-hydroxylation sites is 1. The molecule has 0 unspecified atom stereocenters. The van der Waals surface area contributed by atoms with Crippen LogP contribution in [0.1, 0.15) is 17.3 Å². The Morgan fingerprint density at radius 2 is 1.96 bits per heavy atom. The monoisotopic (exact) mass is 324 g/mol. The van der Waals surface area contributed by atoms with Crippen molar-refractivity contribution < 1.29 is 14.3 Å². The number of nitrogens with one attached hydrogen (secondary N) is 1. The third-order valence-electron chi connectivity index (χ3n) is 3.44. The van der Waals surface area contributed by atoms with Gasteiger partial charge in [0.05, 0.1) is 11.1 Å². The van der Waals surface area contributed by atoms with Gasteiger partial charge in [0.2, 0.25) is 0 Å². The highest BCUT2D eigenvalue weighted by molar-refractivity contribution is 5.97. The van der Waals surface area contributed by atoms with E-state index < -0.39 is 11.9 Å². The van der Waals surface area contributed by atoms with E-state index in [4.69, 9.17) is 4.74 Å². The first kappa shape index (κ1) is 15.7. The Hall–Kier alpha value is -3.22. The molecule has 1 aromatic heterocycles. The van der Waals surface area contributed by atoms with Crippen molar-refractivity contribution in [2.45, 2.75) is 13.5 Å². The third-order valence-corrected chi connectivity index (χ3v) is 3.44. The van der Waals surface area contributed by atoms with Crippen LogP contribution >= 0.6 is 0 Å². The zero-order chi connectivity index (χ0) is 16.9. The first-order chi connectivity index (χ1) is 11.7. The number of ether oxygens (including phenoxy) is 1. The van der Waals surface area contributed by atoms with Crippen LogP contribution in [0.25, 0.3) is 11.0 Å². The minimum Gasteiger partial charge on any atom is -0.452 e. The fourth-order valence-electron chi connectivity index (χ4n) is 2.27.